The van der Waals surface area contributed by atoms with Crippen LogP contribution in [0.1, 0.15) is 40.5 Å². The van der Waals surface area contributed by atoms with Crippen LogP contribution in [0.3, 0.4) is 0 Å². The summed E-state index contributed by atoms with van der Waals surface area (Å²) in [5.74, 6) is -2.56. The van der Waals surface area contributed by atoms with Crippen LogP contribution in [0.5, 0.6) is 0 Å². The Labute approximate surface area is 195 Å². The lowest BCUT2D eigenvalue weighted by molar-refractivity contribution is -0.143. The number of aromatic nitrogens is 2. The number of rotatable bonds is 10. The molecule has 0 aliphatic rings. The highest BCUT2D eigenvalue weighted by molar-refractivity contribution is 6.62. The minimum atomic E-state index is -1.06. The highest BCUT2D eigenvalue weighted by atomic mass is 35.5. The van der Waals surface area contributed by atoms with Gasteiger partial charge in [0, 0.05) is 43.2 Å². The first-order valence-electron chi connectivity index (χ1n) is 10.1. The Balaban J connectivity index is 1.77. The van der Waals surface area contributed by atoms with Crippen molar-refractivity contribution in [1.82, 2.24) is 9.55 Å². The molecule has 0 N–H and O–H groups in total. The van der Waals surface area contributed by atoms with Crippen molar-refractivity contribution in [2.24, 2.45) is 7.05 Å². The SMILES string of the molecule is Cn1ccnc1C(=O)C[C@@H](CC(=O)C(=[N+]=[N-])C(=O)OCc1ccccc1)c1ccccc1Cl. The van der Waals surface area contributed by atoms with Crippen molar-refractivity contribution in [2.45, 2.75) is 25.4 Å². The molecular weight excluding hydrogens is 444 g/mol. The lowest BCUT2D eigenvalue weighted by atomic mass is 9.88. The van der Waals surface area contributed by atoms with Crippen LogP contribution >= 0.6 is 11.6 Å². The Morgan fingerprint density at radius 3 is 2.42 bits per heavy atom. The number of carbonyl (C=O) groups is 3. The third-order valence-electron chi connectivity index (χ3n) is 5.05. The van der Waals surface area contributed by atoms with Crippen LogP contribution in [0.25, 0.3) is 5.53 Å². The molecule has 0 saturated carbocycles. The number of ketones is 2. The van der Waals surface area contributed by atoms with Crippen LogP contribution in [0.4, 0.5) is 0 Å². The monoisotopic (exact) mass is 464 g/mol. The van der Waals surface area contributed by atoms with Crippen molar-refractivity contribution in [1.29, 1.82) is 0 Å². The number of hydrogen-bond donors (Lipinski definition) is 0. The number of imidazole rings is 1. The molecule has 3 rings (SSSR count). The van der Waals surface area contributed by atoms with Crippen LogP contribution in [-0.4, -0.2) is 37.6 Å². The fourth-order valence-electron chi connectivity index (χ4n) is 3.37. The number of ether oxygens (including phenoxy) is 1. The molecule has 8 nitrogen and oxygen atoms in total. The Hall–Kier alpha value is -3.87. The smallest absolute Gasteiger partial charge is 0.441 e. The first kappa shape index (κ1) is 23.8. The molecule has 0 saturated heterocycles. The summed E-state index contributed by atoms with van der Waals surface area (Å²) in [6, 6.07) is 15.7. The van der Waals surface area contributed by atoms with Crippen molar-refractivity contribution >= 4 is 34.8 Å². The fourth-order valence-corrected chi connectivity index (χ4v) is 3.66. The number of halogens is 1. The molecule has 0 fully saturated rings. The number of esters is 1. The number of aryl methyl sites for hydroxylation is 1. The van der Waals surface area contributed by atoms with Crippen LogP contribution in [0.2, 0.25) is 5.02 Å². The topological polar surface area (TPSA) is 115 Å². The average Bonchev–Trinajstić information content (AvgIpc) is 3.24. The minimum absolute atomic E-state index is 0.0852. The quantitative estimate of drug-likeness (QED) is 0.113. The maximum Gasteiger partial charge on any atom is 0.441 e. The molecular formula is C24H21ClN4O4. The number of nitrogens with zero attached hydrogens (tertiary/aromatic N) is 4. The van der Waals surface area contributed by atoms with Gasteiger partial charge in [-0.25, -0.2) is 9.78 Å². The van der Waals surface area contributed by atoms with E-state index in [4.69, 9.17) is 16.3 Å². The molecule has 168 valence electrons. The summed E-state index contributed by atoms with van der Waals surface area (Å²) in [4.78, 5) is 45.0. The molecule has 0 radical (unpaired) electrons. The van der Waals surface area contributed by atoms with Gasteiger partial charge in [0.1, 0.15) is 6.61 Å². The minimum Gasteiger partial charge on any atom is -0.452 e. The zero-order valence-corrected chi connectivity index (χ0v) is 18.6. The van der Waals surface area contributed by atoms with Crippen LogP contribution in [-0.2, 0) is 28.0 Å². The largest absolute Gasteiger partial charge is 0.452 e. The molecule has 1 aromatic heterocycles. The van der Waals surface area contributed by atoms with E-state index < -0.39 is 23.4 Å². The Kier molecular flexibility index (Phi) is 8.02. The van der Waals surface area contributed by atoms with E-state index in [1.165, 1.54) is 6.20 Å². The van der Waals surface area contributed by atoms with E-state index >= 15 is 0 Å². The predicted molar refractivity (Wildman–Crippen MR) is 121 cm³/mol. The number of Topliss-reactive ketones (excluding diaryl/α,β-unsaturated/α-hetero) is 2. The molecule has 1 heterocycles. The lowest BCUT2D eigenvalue weighted by Gasteiger charge is -2.16. The van der Waals surface area contributed by atoms with Gasteiger partial charge in [-0.3, -0.25) is 9.59 Å². The average molecular weight is 465 g/mol. The van der Waals surface area contributed by atoms with Gasteiger partial charge in [-0.15, -0.1) is 0 Å². The summed E-state index contributed by atoms with van der Waals surface area (Å²) in [6.07, 6.45) is 2.77. The van der Waals surface area contributed by atoms with E-state index in [2.05, 4.69) is 9.77 Å². The maximum absolute atomic E-state index is 12.9. The van der Waals surface area contributed by atoms with Gasteiger partial charge < -0.3 is 14.8 Å². The normalized spacial score (nSPS) is 11.3. The van der Waals surface area contributed by atoms with Crippen LogP contribution in [0.15, 0.2) is 67.0 Å². The first-order chi connectivity index (χ1) is 15.9. The summed E-state index contributed by atoms with van der Waals surface area (Å²) in [5, 5.41) is 0.372. The Morgan fingerprint density at radius 1 is 1.09 bits per heavy atom. The zero-order chi connectivity index (χ0) is 23.8. The molecule has 33 heavy (non-hydrogen) atoms. The highest BCUT2D eigenvalue weighted by Gasteiger charge is 2.34. The summed E-state index contributed by atoms with van der Waals surface area (Å²) in [5.41, 5.74) is 9.86. The van der Waals surface area contributed by atoms with Gasteiger partial charge in [-0.1, -0.05) is 60.1 Å². The molecule has 3 aromatic rings. The Morgan fingerprint density at radius 2 is 1.79 bits per heavy atom. The van der Waals surface area contributed by atoms with Crippen molar-refractivity contribution in [3.63, 3.8) is 0 Å². The van der Waals surface area contributed by atoms with E-state index in [1.54, 1.807) is 66.3 Å². The zero-order valence-electron chi connectivity index (χ0n) is 17.8. The van der Waals surface area contributed by atoms with Gasteiger partial charge in [0.25, 0.3) is 5.78 Å². The fraction of sp³-hybridized carbons (Fsp3) is 0.208. The third-order valence-corrected chi connectivity index (χ3v) is 5.39. The summed E-state index contributed by atoms with van der Waals surface area (Å²) >= 11 is 6.32. The standard InChI is InChI=1S/C24H21ClN4O4/c1-29-12-11-27-23(29)21(31)14-17(18-9-5-6-10-19(18)25)13-20(30)22(28-26)24(32)33-15-16-7-3-2-4-8-16/h2-12,17H,13-15H2,1H3/t17-/m1/s1. The number of benzene rings is 2. The lowest BCUT2D eigenvalue weighted by Crippen LogP contribution is -2.29. The Bertz CT molecular complexity index is 1220. The van der Waals surface area contributed by atoms with Crippen molar-refractivity contribution in [3.8, 4) is 0 Å². The molecule has 0 unspecified atom stereocenters. The first-order valence-corrected chi connectivity index (χ1v) is 10.5. The second kappa shape index (κ2) is 11.1. The predicted octanol–water partition coefficient (Wildman–Crippen LogP) is 3.80. The molecule has 0 aliphatic carbocycles. The second-order valence-electron chi connectivity index (χ2n) is 7.35. The molecule has 0 spiro atoms. The van der Waals surface area contributed by atoms with E-state index in [0.29, 0.717) is 16.1 Å². The summed E-state index contributed by atoms with van der Waals surface area (Å²) < 4.78 is 6.69. The molecule has 1 atom stereocenters. The molecule has 9 heteroatoms. The summed E-state index contributed by atoms with van der Waals surface area (Å²) in [7, 11) is 1.69. The van der Waals surface area contributed by atoms with Gasteiger partial charge in [0.05, 0.1) is 0 Å². The van der Waals surface area contributed by atoms with Crippen LogP contribution < -0.4 is 0 Å². The van der Waals surface area contributed by atoms with Crippen LogP contribution in [0, 0.1) is 0 Å². The van der Waals surface area contributed by atoms with Gasteiger partial charge in [0.2, 0.25) is 0 Å². The van der Waals surface area contributed by atoms with E-state index in [9.17, 15) is 19.9 Å². The van der Waals surface area contributed by atoms with Crippen molar-refractivity contribution in [2.75, 3.05) is 0 Å². The second-order valence-corrected chi connectivity index (χ2v) is 7.75. The van der Waals surface area contributed by atoms with Gasteiger partial charge in [-0.2, -0.15) is 4.79 Å². The summed E-state index contributed by atoms with van der Waals surface area (Å²) in [6.45, 7) is -0.0858. The van der Waals surface area contributed by atoms with Gasteiger partial charge >= 0.3 is 11.7 Å². The molecule has 0 aliphatic heterocycles. The highest BCUT2D eigenvalue weighted by Crippen LogP contribution is 2.31. The maximum atomic E-state index is 12.9. The third kappa shape index (κ3) is 6.10. The van der Waals surface area contributed by atoms with E-state index in [-0.39, 0.29) is 31.1 Å². The molecule has 2 aromatic carbocycles. The van der Waals surface area contributed by atoms with Gasteiger partial charge in [-0.05, 0) is 17.2 Å². The molecule has 0 bridgehead atoms. The number of hydrogen-bond acceptors (Lipinski definition) is 5. The van der Waals surface area contributed by atoms with E-state index in [1.807, 2.05) is 6.07 Å². The number of carbonyl (C=O) groups excluding carboxylic acids is 3. The van der Waals surface area contributed by atoms with Crippen molar-refractivity contribution in [3.05, 3.63) is 94.5 Å². The van der Waals surface area contributed by atoms with Gasteiger partial charge in [0.15, 0.2) is 11.6 Å². The molecule has 0 amide bonds. The van der Waals surface area contributed by atoms with E-state index in [0.717, 1.165) is 0 Å². The van der Waals surface area contributed by atoms with Crippen molar-refractivity contribution < 1.29 is 23.9 Å².